The van der Waals surface area contributed by atoms with Crippen molar-refractivity contribution >= 4 is 0 Å². The number of nitrogens with one attached hydrogen (secondary N) is 1. The van der Waals surface area contributed by atoms with Gasteiger partial charge < -0.3 is 5.32 Å². The number of aromatic nitrogens is 2. The molecule has 1 N–H and O–H groups in total. The lowest BCUT2D eigenvalue weighted by Gasteiger charge is -2.14. The van der Waals surface area contributed by atoms with Crippen LogP contribution >= 0.6 is 0 Å². The van der Waals surface area contributed by atoms with E-state index in [9.17, 15) is 0 Å². The summed E-state index contributed by atoms with van der Waals surface area (Å²) in [4.78, 5) is 0. The van der Waals surface area contributed by atoms with Crippen molar-refractivity contribution < 1.29 is 0 Å². The maximum atomic E-state index is 4.49. The molecule has 19 heavy (non-hydrogen) atoms. The summed E-state index contributed by atoms with van der Waals surface area (Å²) >= 11 is 0. The molecule has 1 heterocycles. The Kier molecular flexibility index (Phi) is 7.14. The molecule has 0 saturated carbocycles. The van der Waals surface area contributed by atoms with E-state index in [4.69, 9.17) is 0 Å². The molecule has 0 spiro atoms. The Morgan fingerprint density at radius 1 is 1.11 bits per heavy atom. The van der Waals surface area contributed by atoms with Gasteiger partial charge in [0.25, 0.3) is 0 Å². The molecule has 1 atom stereocenters. The van der Waals surface area contributed by atoms with Crippen molar-refractivity contribution in [2.45, 2.75) is 72.3 Å². The number of rotatable bonds is 9. The molecule has 0 aliphatic rings. The summed E-state index contributed by atoms with van der Waals surface area (Å²) < 4.78 is 1.98. The van der Waals surface area contributed by atoms with E-state index in [0.717, 1.165) is 12.2 Å². The average Bonchev–Trinajstić information content (AvgIpc) is 2.62. The fraction of sp³-hybridized carbons (Fsp3) is 0.812. The van der Waals surface area contributed by atoms with Gasteiger partial charge in [0.15, 0.2) is 0 Å². The Morgan fingerprint density at radius 3 is 2.32 bits per heavy atom. The normalized spacial score (nSPS) is 12.9. The van der Waals surface area contributed by atoms with E-state index >= 15 is 0 Å². The summed E-state index contributed by atoms with van der Waals surface area (Å²) in [6.07, 6.45) is 8.13. The van der Waals surface area contributed by atoms with Crippen molar-refractivity contribution in [3.8, 4) is 0 Å². The van der Waals surface area contributed by atoms with Crippen molar-refractivity contribution in [1.29, 1.82) is 0 Å². The third-order valence-electron chi connectivity index (χ3n) is 3.98. The highest BCUT2D eigenvalue weighted by Crippen LogP contribution is 2.20. The summed E-state index contributed by atoms with van der Waals surface area (Å²) in [7, 11) is 2.02. The quantitative estimate of drug-likeness (QED) is 0.683. The van der Waals surface area contributed by atoms with Crippen LogP contribution < -0.4 is 5.32 Å². The van der Waals surface area contributed by atoms with Gasteiger partial charge in [0.2, 0.25) is 0 Å². The van der Waals surface area contributed by atoms with Crippen molar-refractivity contribution in [2.24, 2.45) is 7.05 Å². The minimum Gasteiger partial charge on any atom is -0.310 e. The summed E-state index contributed by atoms with van der Waals surface area (Å²) in [5.41, 5.74) is 3.80. The van der Waals surface area contributed by atoms with Crippen LogP contribution in [0.3, 0.4) is 0 Å². The third kappa shape index (κ3) is 4.98. The van der Waals surface area contributed by atoms with Crippen LogP contribution in [-0.2, 0) is 7.05 Å². The fourth-order valence-corrected chi connectivity index (χ4v) is 2.74. The van der Waals surface area contributed by atoms with Gasteiger partial charge in [-0.3, -0.25) is 4.68 Å². The fourth-order valence-electron chi connectivity index (χ4n) is 2.74. The molecule has 0 aliphatic heterocycles. The lowest BCUT2D eigenvalue weighted by molar-refractivity contribution is 0.524. The molecule has 0 aromatic carbocycles. The Bertz CT molecular complexity index is 368. The summed E-state index contributed by atoms with van der Waals surface area (Å²) in [6, 6.07) is 0.407. The summed E-state index contributed by atoms with van der Waals surface area (Å²) in [6.45, 7) is 9.88. The molecule has 1 aromatic rings. The molecule has 0 fully saturated rings. The van der Waals surface area contributed by atoms with Gasteiger partial charge in [0.1, 0.15) is 0 Å². The standard InChI is InChI=1S/C16H31N3/c1-6-7-8-9-10-11-12-17-13(2)16-14(3)18-19(5)15(16)4/h13,17H,6-12H2,1-5H3. The first-order chi connectivity index (χ1) is 9.07. The number of aryl methyl sites for hydroxylation is 2. The molecular weight excluding hydrogens is 234 g/mol. The highest BCUT2D eigenvalue weighted by Gasteiger charge is 2.15. The summed E-state index contributed by atoms with van der Waals surface area (Å²) in [5.74, 6) is 0. The first kappa shape index (κ1) is 16.2. The predicted octanol–water partition coefficient (Wildman–Crippen LogP) is 4.05. The van der Waals surface area contributed by atoms with E-state index < -0.39 is 0 Å². The predicted molar refractivity (Wildman–Crippen MR) is 82.5 cm³/mol. The van der Waals surface area contributed by atoms with Crippen LogP contribution in [0.15, 0.2) is 0 Å². The highest BCUT2D eigenvalue weighted by atomic mass is 15.3. The van der Waals surface area contributed by atoms with E-state index in [1.54, 1.807) is 0 Å². The van der Waals surface area contributed by atoms with Crippen molar-refractivity contribution in [1.82, 2.24) is 15.1 Å². The minimum absolute atomic E-state index is 0.407. The largest absolute Gasteiger partial charge is 0.310 e. The first-order valence-corrected chi connectivity index (χ1v) is 7.81. The van der Waals surface area contributed by atoms with Crippen molar-refractivity contribution in [3.05, 3.63) is 17.0 Å². The monoisotopic (exact) mass is 265 g/mol. The Labute approximate surface area is 118 Å². The highest BCUT2D eigenvalue weighted by molar-refractivity contribution is 5.27. The van der Waals surface area contributed by atoms with Crippen LogP contribution in [0.25, 0.3) is 0 Å². The molecule has 1 aromatic heterocycles. The second kappa shape index (κ2) is 8.36. The maximum absolute atomic E-state index is 4.49. The molecular formula is C16H31N3. The topological polar surface area (TPSA) is 29.9 Å². The molecule has 3 heteroatoms. The number of unbranched alkanes of at least 4 members (excludes halogenated alkanes) is 5. The van der Waals surface area contributed by atoms with Gasteiger partial charge in [0.05, 0.1) is 5.69 Å². The van der Waals surface area contributed by atoms with Gasteiger partial charge in [0, 0.05) is 24.3 Å². The second-order valence-electron chi connectivity index (χ2n) is 5.65. The van der Waals surface area contributed by atoms with Crippen LogP contribution in [0.1, 0.15) is 75.4 Å². The van der Waals surface area contributed by atoms with Crippen molar-refractivity contribution in [3.63, 3.8) is 0 Å². The zero-order valence-corrected chi connectivity index (χ0v) is 13.4. The molecule has 3 nitrogen and oxygen atoms in total. The second-order valence-corrected chi connectivity index (χ2v) is 5.65. The molecule has 0 radical (unpaired) electrons. The molecule has 1 rings (SSSR count). The van der Waals surface area contributed by atoms with Gasteiger partial charge >= 0.3 is 0 Å². The first-order valence-electron chi connectivity index (χ1n) is 7.81. The van der Waals surface area contributed by atoms with Crippen LogP contribution in [0.5, 0.6) is 0 Å². The maximum Gasteiger partial charge on any atom is 0.0644 e. The third-order valence-corrected chi connectivity index (χ3v) is 3.98. The molecule has 0 amide bonds. The van der Waals surface area contributed by atoms with Crippen LogP contribution in [0, 0.1) is 13.8 Å². The Morgan fingerprint density at radius 2 is 1.74 bits per heavy atom. The smallest absolute Gasteiger partial charge is 0.0644 e. The number of nitrogens with zero attached hydrogens (tertiary/aromatic N) is 2. The molecule has 110 valence electrons. The van der Waals surface area contributed by atoms with Gasteiger partial charge in [-0.15, -0.1) is 0 Å². The lowest BCUT2D eigenvalue weighted by Crippen LogP contribution is -2.21. The molecule has 0 aliphatic carbocycles. The summed E-state index contributed by atoms with van der Waals surface area (Å²) in [5, 5.41) is 8.12. The molecule has 0 saturated heterocycles. The minimum atomic E-state index is 0.407. The average molecular weight is 265 g/mol. The van der Waals surface area contributed by atoms with Crippen molar-refractivity contribution in [2.75, 3.05) is 6.54 Å². The van der Waals surface area contributed by atoms with E-state index in [2.05, 4.69) is 38.1 Å². The Balaban J connectivity index is 2.26. The zero-order valence-electron chi connectivity index (χ0n) is 13.4. The van der Waals surface area contributed by atoms with E-state index in [-0.39, 0.29) is 0 Å². The van der Waals surface area contributed by atoms with Crippen LogP contribution in [-0.4, -0.2) is 16.3 Å². The number of hydrogen-bond acceptors (Lipinski definition) is 2. The van der Waals surface area contributed by atoms with E-state index in [1.165, 1.54) is 49.8 Å². The zero-order chi connectivity index (χ0) is 14.3. The lowest BCUT2D eigenvalue weighted by atomic mass is 10.1. The van der Waals surface area contributed by atoms with Gasteiger partial charge in [-0.25, -0.2) is 0 Å². The molecule has 1 unspecified atom stereocenters. The van der Waals surface area contributed by atoms with E-state index in [1.807, 2.05) is 11.7 Å². The van der Waals surface area contributed by atoms with Gasteiger partial charge in [-0.05, 0) is 33.7 Å². The van der Waals surface area contributed by atoms with Gasteiger partial charge in [-0.2, -0.15) is 5.10 Å². The Hall–Kier alpha value is -0.830. The van der Waals surface area contributed by atoms with Crippen LogP contribution in [0.2, 0.25) is 0 Å². The van der Waals surface area contributed by atoms with E-state index in [0.29, 0.717) is 6.04 Å². The van der Waals surface area contributed by atoms with Gasteiger partial charge in [-0.1, -0.05) is 39.0 Å². The number of hydrogen-bond donors (Lipinski definition) is 1. The van der Waals surface area contributed by atoms with Crippen LogP contribution in [0.4, 0.5) is 0 Å². The SMILES string of the molecule is CCCCCCCCNC(C)c1c(C)nn(C)c1C. The molecule has 0 bridgehead atoms.